The maximum atomic E-state index is 13.6. The standard InChI is InChI=1S/C28H30N2O6/c1-18(2)19-8-10-23(11-9-19)36-17-25-24-16-27(35-4)26(34-3)15-20(24)12-13-29(25)28(31)21-6-5-7-22(14-21)30(32)33/h5-11,14-16,18,25H,12-13,17H2,1-4H3/t25-/m1/s1. The summed E-state index contributed by atoms with van der Waals surface area (Å²) in [5.74, 6) is 2.01. The summed E-state index contributed by atoms with van der Waals surface area (Å²) in [6.45, 7) is 4.91. The second-order valence-electron chi connectivity index (χ2n) is 9.01. The molecule has 0 fully saturated rings. The summed E-state index contributed by atoms with van der Waals surface area (Å²) in [6.07, 6.45) is 0.607. The quantitative estimate of drug-likeness (QED) is 0.304. The molecule has 36 heavy (non-hydrogen) atoms. The first-order chi connectivity index (χ1) is 17.3. The third-order valence-corrected chi connectivity index (χ3v) is 6.52. The molecule has 0 bridgehead atoms. The zero-order chi connectivity index (χ0) is 25.8. The molecule has 1 amide bonds. The molecule has 0 N–H and O–H groups in total. The molecule has 1 heterocycles. The van der Waals surface area contributed by atoms with Gasteiger partial charge in [0, 0.05) is 24.2 Å². The maximum Gasteiger partial charge on any atom is 0.270 e. The van der Waals surface area contributed by atoms with E-state index >= 15 is 0 Å². The smallest absolute Gasteiger partial charge is 0.270 e. The molecule has 0 spiro atoms. The Balaban J connectivity index is 1.69. The highest BCUT2D eigenvalue weighted by Crippen LogP contribution is 2.39. The van der Waals surface area contributed by atoms with E-state index in [2.05, 4.69) is 13.8 Å². The van der Waals surface area contributed by atoms with Gasteiger partial charge in [0.15, 0.2) is 11.5 Å². The molecule has 188 valence electrons. The van der Waals surface area contributed by atoms with Gasteiger partial charge < -0.3 is 19.1 Å². The van der Waals surface area contributed by atoms with Crippen LogP contribution in [0.25, 0.3) is 0 Å². The molecule has 8 heteroatoms. The average Bonchev–Trinajstić information content (AvgIpc) is 2.90. The van der Waals surface area contributed by atoms with Crippen molar-refractivity contribution in [3.05, 3.63) is 93.0 Å². The van der Waals surface area contributed by atoms with E-state index in [1.807, 2.05) is 36.4 Å². The number of ether oxygens (including phenoxy) is 3. The van der Waals surface area contributed by atoms with Crippen molar-refractivity contribution in [2.45, 2.75) is 32.2 Å². The highest BCUT2D eigenvalue weighted by Gasteiger charge is 2.34. The molecule has 0 saturated carbocycles. The number of non-ortho nitro benzene ring substituents is 1. The molecule has 0 aromatic heterocycles. The van der Waals surface area contributed by atoms with Gasteiger partial charge in [-0.15, -0.1) is 0 Å². The van der Waals surface area contributed by atoms with E-state index in [1.54, 1.807) is 25.2 Å². The Hall–Kier alpha value is -4.07. The predicted octanol–water partition coefficient (Wildman–Crippen LogP) is 5.55. The van der Waals surface area contributed by atoms with Crippen molar-refractivity contribution in [1.82, 2.24) is 4.90 Å². The molecule has 1 atom stereocenters. The van der Waals surface area contributed by atoms with E-state index in [4.69, 9.17) is 14.2 Å². The van der Waals surface area contributed by atoms with Crippen LogP contribution in [0.5, 0.6) is 17.2 Å². The number of nitrogens with zero attached hydrogens (tertiary/aromatic N) is 2. The summed E-state index contributed by atoms with van der Waals surface area (Å²) < 4.78 is 17.2. The molecule has 1 aliphatic rings. The number of hydrogen-bond donors (Lipinski definition) is 0. The van der Waals surface area contributed by atoms with Gasteiger partial charge in [0.05, 0.1) is 25.2 Å². The van der Waals surface area contributed by atoms with E-state index in [0.29, 0.717) is 36.1 Å². The number of rotatable bonds is 8. The normalized spacial score (nSPS) is 14.8. The Bertz CT molecular complexity index is 1260. The molecule has 3 aromatic carbocycles. The lowest BCUT2D eigenvalue weighted by molar-refractivity contribution is -0.384. The van der Waals surface area contributed by atoms with Crippen molar-refractivity contribution < 1.29 is 23.9 Å². The van der Waals surface area contributed by atoms with Gasteiger partial charge in [-0.2, -0.15) is 0 Å². The van der Waals surface area contributed by atoms with Crippen molar-refractivity contribution in [1.29, 1.82) is 0 Å². The zero-order valence-corrected chi connectivity index (χ0v) is 20.9. The van der Waals surface area contributed by atoms with Crippen LogP contribution in [-0.4, -0.2) is 43.1 Å². The van der Waals surface area contributed by atoms with Gasteiger partial charge in [0.1, 0.15) is 12.4 Å². The lowest BCUT2D eigenvalue weighted by Crippen LogP contribution is -2.42. The Morgan fingerprint density at radius 2 is 1.75 bits per heavy atom. The van der Waals surface area contributed by atoms with Gasteiger partial charge in [0.2, 0.25) is 0 Å². The van der Waals surface area contributed by atoms with Crippen molar-refractivity contribution in [2.24, 2.45) is 0 Å². The lowest BCUT2D eigenvalue weighted by Gasteiger charge is -2.37. The number of methoxy groups -OCH3 is 2. The first kappa shape index (κ1) is 25.0. The molecule has 4 rings (SSSR count). The van der Waals surface area contributed by atoms with Gasteiger partial charge in [-0.3, -0.25) is 14.9 Å². The van der Waals surface area contributed by atoms with Gasteiger partial charge in [0.25, 0.3) is 11.6 Å². The summed E-state index contributed by atoms with van der Waals surface area (Å²) in [5.41, 5.74) is 3.29. The van der Waals surface area contributed by atoms with Crippen LogP contribution in [0.4, 0.5) is 5.69 Å². The van der Waals surface area contributed by atoms with E-state index in [0.717, 1.165) is 11.1 Å². The molecule has 0 aliphatic carbocycles. The first-order valence-corrected chi connectivity index (χ1v) is 11.8. The Labute approximate surface area is 210 Å². The van der Waals surface area contributed by atoms with E-state index in [-0.39, 0.29) is 23.8 Å². The van der Waals surface area contributed by atoms with Crippen LogP contribution in [0, 0.1) is 10.1 Å². The number of carbonyl (C=O) groups excluding carboxylic acids is 1. The third-order valence-electron chi connectivity index (χ3n) is 6.52. The molecular formula is C28H30N2O6. The number of hydrogen-bond acceptors (Lipinski definition) is 6. The third kappa shape index (κ3) is 5.12. The zero-order valence-electron chi connectivity index (χ0n) is 20.9. The number of nitro groups is 1. The fraction of sp³-hybridized carbons (Fsp3) is 0.321. The molecular weight excluding hydrogens is 460 g/mol. The Kier molecular flexibility index (Phi) is 7.43. The number of benzene rings is 3. The fourth-order valence-corrected chi connectivity index (χ4v) is 4.49. The van der Waals surface area contributed by atoms with Gasteiger partial charge in [-0.05, 0) is 59.4 Å². The minimum absolute atomic E-state index is 0.122. The highest BCUT2D eigenvalue weighted by molar-refractivity contribution is 5.95. The summed E-state index contributed by atoms with van der Waals surface area (Å²) in [7, 11) is 3.16. The largest absolute Gasteiger partial charge is 0.493 e. The lowest BCUT2D eigenvalue weighted by atomic mass is 9.91. The summed E-state index contributed by atoms with van der Waals surface area (Å²) in [4.78, 5) is 26.1. The van der Waals surface area contributed by atoms with Crippen molar-refractivity contribution >= 4 is 11.6 Å². The number of carbonyl (C=O) groups is 1. The van der Waals surface area contributed by atoms with Crippen molar-refractivity contribution in [3.8, 4) is 17.2 Å². The van der Waals surface area contributed by atoms with E-state index < -0.39 is 11.0 Å². The Morgan fingerprint density at radius 1 is 1.06 bits per heavy atom. The van der Waals surface area contributed by atoms with E-state index in [1.165, 1.54) is 23.8 Å². The minimum atomic E-state index is -0.499. The fourth-order valence-electron chi connectivity index (χ4n) is 4.49. The van der Waals surface area contributed by atoms with Crippen LogP contribution in [0.3, 0.4) is 0 Å². The second-order valence-corrected chi connectivity index (χ2v) is 9.01. The summed E-state index contributed by atoms with van der Waals surface area (Å²) >= 11 is 0. The summed E-state index contributed by atoms with van der Waals surface area (Å²) in [5, 5.41) is 11.3. The van der Waals surface area contributed by atoms with Crippen molar-refractivity contribution in [3.63, 3.8) is 0 Å². The van der Waals surface area contributed by atoms with Crippen molar-refractivity contribution in [2.75, 3.05) is 27.4 Å². The first-order valence-electron chi connectivity index (χ1n) is 11.8. The van der Waals surface area contributed by atoms with Gasteiger partial charge in [-0.25, -0.2) is 0 Å². The van der Waals surface area contributed by atoms with Gasteiger partial charge >= 0.3 is 0 Å². The number of nitro benzene ring substituents is 1. The monoisotopic (exact) mass is 490 g/mol. The number of fused-ring (bicyclic) bond motifs is 1. The molecule has 8 nitrogen and oxygen atoms in total. The molecule has 1 aliphatic heterocycles. The predicted molar refractivity (Wildman–Crippen MR) is 136 cm³/mol. The van der Waals surface area contributed by atoms with Crippen LogP contribution >= 0.6 is 0 Å². The minimum Gasteiger partial charge on any atom is -0.493 e. The molecule has 0 saturated heterocycles. The van der Waals surface area contributed by atoms with Crippen LogP contribution in [0.15, 0.2) is 60.7 Å². The average molecular weight is 491 g/mol. The SMILES string of the molecule is COc1cc2c(cc1OC)[C@@H](COc1ccc(C(C)C)cc1)N(C(=O)c1cccc([N+](=O)[O-])c1)CC2. The second kappa shape index (κ2) is 10.7. The Morgan fingerprint density at radius 3 is 2.39 bits per heavy atom. The molecule has 3 aromatic rings. The van der Waals surface area contributed by atoms with Crippen LogP contribution in [0.2, 0.25) is 0 Å². The van der Waals surface area contributed by atoms with Gasteiger partial charge in [-0.1, -0.05) is 32.0 Å². The summed E-state index contributed by atoms with van der Waals surface area (Å²) in [6, 6.07) is 17.1. The maximum absolute atomic E-state index is 13.6. The van der Waals surface area contributed by atoms with Crippen LogP contribution in [0.1, 0.15) is 52.9 Å². The van der Waals surface area contributed by atoms with Crippen LogP contribution < -0.4 is 14.2 Å². The number of amides is 1. The van der Waals surface area contributed by atoms with E-state index in [9.17, 15) is 14.9 Å². The molecule has 0 unspecified atom stereocenters. The van der Waals surface area contributed by atoms with Crippen LogP contribution in [-0.2, 0) is 6.42 Å². The topological polar surface area (TPSA) is 91.1 Å². The molecule has 0 radical (unpaired) electrons. The highest BCUT2D eigenvalue weighted by atomic mass is 16.6.